The Labute approximate surface area is 99.8 Å². The Morgan fingerprint density at radius 1 is 1.35 bits per heavy atom. The molecule has 17 heavy (non-hydrogen) atoms. The van der Waals surface area contributed by atoms with Crippen molar-refractivity contribution in [2.45, 2.75) is 26.4 Å². The quantitative estimate of drug-likeness (QED) is 0.739. The van der Waals surface area contributed by atoms with Crippen molar-refractivity contribution in [3.8, 4) is 5.95 Å². The second kappa shape index (κ2) is 4.37. The Kier molecular flexibility index (Phi) is 3.07. The topological polar surface area (TPSA) is 48.7 Å². The monoisotopic (exact) mass is 236 g/mol. The number of hydrogen-bond acceptors (Lipinski definition) is 4. The molecule has 4 heteroatoms. The third-order valence-electron chi connectivity index (χ3n) is 3.00. The fourth-order valence-electron chi connectivity index (χ4n) is 2.01. The molecule has 0 saturated carbocycles. The Bertz CT molecular complexity index is 513. The summed E-state index contributed by atoms with van der Waals surface area (Å²) in [7, 11) is 1.48. The highest BCUT2D eigenvalue weighted by Gasteiger charge is 2.27. The van der Waals surface area contributed by atoms with E-state index in [-0.39, 0.29) is 17.5 Å². The molecule has 92 valence electrons. The maximum absolute atomic E-state index is 12.0. The predicted molar refractivity (Wildman–Crippen MR) is 63.5 cm³/mol. The van der Waals surface area contributed by atoms with E-state index in [0.717, 1.165) is 5.57 Å². The molecule has 1 aliphatic heterocycles. The van der Waals surface area contributed by atoms with Crippen molar-refractivity contribution in [2.75, 3.05) is 13.7 Å². The van der Waals surface area contributed by atoms with Crippen LogP contribution in [0.1, 0.15) is 29.4 Å². The molecule has 0 spiro atoms. The maximum Gasteiger partial charge on any atom is 0.291 e. The Balaban J connectivity index is 2.51. The van der Waals surface area contributed by atoms with Crippen LogP contribution in [0.15, 0.2) is 21.4 Å². The summed E-state index contributed by atoms with van der Waals surface area (Å²) in [6.45, 7) is 7.82. The predicted octanol–water partition coefficient (Wildman–Crippen LogP) is 2.28. The van der Waals surface area contributed by atoms with E-state index in [0.29, 0.717) is 29.9 Å². The van der Waals surface area contributed by atoms with Crippen LogP contribution in [-0.4, -0.2) is 13.7 Å². The number of ether oxygens (including phenoxy) is 2. The normalized spacial score (nSPS) is 19.7. The van der Waals surface area contributed by atoms with Gasteiger partial charge in [0.15, 0.2) is 5.43 Å². The minimum atomic E-state index is -0.218. The molecule has 1 aliphatic rings. The molecule has 1 aromatic rings. The molecule has 2 heterocycles. The summed E-state index contributed by atoms with van der Waals surface area (Å²) in [5.74, 6) is 0.813. The SMILES string of the molecule is C=C1COC(c2oc(OC)c(C)c(=O)c2C)C1. The number of hydrogen-bond donors (Lipinski definition) is 0. The third kappa shape index (κ3) is 2.00. The molecular formula is C13H16O4. The van der Waals surface area contributed by atoms with Crippen LogP contribution in [0, 0.1) is 13.8 Å². The van der Waals surface area contributed by atoms with E-state index in [1.807, 2.05) is 0 Å². The third-order valence-corrected chi connectivity index (χ3v) is 3.00. The first-order chi connectivity index (χ1) is 8.04. The smallest absolute Gasteiger partial charge is 0.291 e. The Morgan fingerprint density at radius 2 is 2.06 bits per heavy atom. The van der Waals surface area contributed by atoms with Gasteiger partial charge >= 0.3 is 0 Å². The summed E-state index contributed by atoms with van der Waals surface area (Å²) < 4.78 is 16.2. The van der Waals surface area contributed by atoms with Crippen molar-refractivity contribution in [3.05, 3.63) is 39.3 Å². The van der Waals surface area contributed by atoms with Crippen LogP contribution in [0.25, 0.3) is 0 Å². The molecule has 0 radical (unpaired) electrons. The highest BCUT2D eigenvalue weighted by molar-refractivity contribution is 5.31. The van der Waals surface area contributed by atoms with E-state index in [1.54, 1.807) is 13.8 Å². The van der Waals surface area contributed by atoms with Gasteiger partial charge in [-0.1, -0.05) is 6.58 Å². The van der Waals surface area contributed by atoms with Gasteiger partial charge in [-0.05, 0) is 19.4 Å². The summed E-state index contributed by atoms with van der Waals surface area (Å²) in [5.41, 5.74) is 2.04. The van der Waals surface area contributed by atoms with Crippen molar-refractivity contribution in [1.29, 1.82) is 0 Å². The highest BCUT2D eigenvalue weighted by Crippen LogP contribution is 2.34. The summed E-state index contributed by atoms with van der Waals surface area (Å²) in [6, 6.07) is 0. The second-order valence-electron chi connectivity index (χ2n) is 4.29. The van der Waals surface area contributed by atoms with Crippen LogP contribution in [0.3, 0.4) is 0 Å². The zero-order chi connectivity index (χ0) is 12.6. The largest absolute Gasteiger partial charge is 0.468 e. The lowest BCUT2D eigenvalue weighted by Gasteiger charge is -2.13. The Hall–Kier alpha value is -1.55. The van der Waals surface area contributed by atoms with Gasteiger partial charge in [0.2, 0.25) is 0 Å². The molecule has 1 unspecified atom stereocenters. The van der Waals surface area contributed by atoms with Gasteiger partial charge in [-0.3, -0.25) is 4.79 Å². The van der Waals surface area contributed by atoms with Crippen LogP contribution in [0.2, 0.25) is 0 Å². The van der Waals surface area contributed by atoms with E-state index in [2.05, 4.69) is 6.58 Å². The summed E-state index contributed by atoms with van der Waals surface area (Å²) >= 11 is 0. The lowest BCUT2D eigenvalue weighted by Crippen LogP contribution is -2.15. The number of methoxy groups -OCH3 is 1. The molecule has 1 atom stereocenters. The zero-order valence-corrected chi connectivity index (χ0v) is 10.3. The van der Waals surface area contributed by atoms with Crippen molar-refractivity contribution in [2.24, 2.45) is 0 Å². The van der Waals surface area contributed by atoms with Crippen molar-refractivity contribution >= 4 is 0 Å². The molecule has 0 amide bonds. The molecule has 4 nitrogen and oxygen atoms in total. The van der Waals surface area contributed by atoms with Gasteiger partial charge in [-0.15, -0.1) is 0 Å². The van der Waals surface area contributed by atoms with Crippen molar-refractivity contribution in [3.63, 3.8) is 0 Å². The van der Waals surface area contributed by atoms with Crippen LogP contribution in [0.4, 0.5) is 0 Å². The molecule has 0 aliphatic carbocycles. The molecule has 0 bridgehead atoms. The van der Waals surface area contributed by atoms with Crippen molar-refractivity contribution < 1.29 is 13.9 Å². The minimum Gasteiger partial charge on any atom is -0.468 e. The standard InChI is InChI=1S/C13H16O4/c1-7-5-10(16-6-7)12-8(2)11(14)9(3)13(15-4)17-12/h10H,1,5-6H2,2-4H3. The second-order valence-corrected chi connectivity index (χ2v) is 4.29. The molecule has 1 saturated heterocycles. The van der Waals surface area contributed by atoms with E-state index >= 15 is 0 Å². The highest BCUT2D eigenvalue weighted by atomic mass is 16.6. The molecule has 1 fully saturated rings. The molecule has 1 aromatic heterocycles. The van der Waals surface area contributed by atoms with Gasteiger partial charge in [0.1, 0.15) is 11.9 Å². The first-order valence-corrected chi connectivity index (χ1v) is 5.51. The van der Waals surface area contributed by atoms with Gasteiger partial charge in [0, 0.05) is 12.0 Å². The van der Waals surface area contributed by atoms with E-state index in [9.17, 15) is 4.79 Å². The first kappa shape index (κ1) is 11.9. The van der Waals surface area contributed by atoms with E-state index < -0.39 is 0 Å². The van der Waals surface area contributed by atoms with Crippen molar-refractivity contribution in [1.82, 2.24) is 0 Å². The van der Waals surface area contributed by atoms with E-state index in [4.69, 9.17) is 13.9 Å². The lowest BCUT2D eigenvalue weighted by molar-refractivity contribution is 0.0880. The Morgan fingerprint density at radius 3 is 2.59 bits per heavy atom. The van der Waals surface area contributed by atoms with E-state index in [1.165, 1.54) is 7.11 Å². The fraction of sp³-hybridized carbons (Fsp3) is 0.462. The average molecular weight is 236 g/mol. The summed E-state index contributed by atoms with van der Waals surface area (Å²) in [4.78, 5) is 12.0. The number of rotatable bonds is 2. The van der Waals surface area contributed by atoms with Crippen LogP contribution >= 0.6 is 0 Å². The van der Waals surface area contributed by atoms with Gasteiger partial charge in [0.25, 0.3) is 5.95 Å². The van der Waals surface area contributed by atoms with Crippen LogP contribution in [-0.2, 0) is 4.74 Å². The fourth-order valence-corrected chi connectivity index (χ4v) is 2.01. The van der Waals surface area contributed by atoms with Gasteiger partial charge in [-0.25, -0.2) is 0 Å². The first-order valence-electron chi connectivity index (χ1n) is 5.51. The average Bonchev–Trinajstić information content (AvgIpc) is 2.73. The summed E-state index contributed by atoms with van der Waals surface area (Å²) in [5, 5.41) is 0. The zero-order valence-electron chi connectivity index (χ0n) is 10.3. The lowest BCUT2D eigenvalue weighted by atomic mass is 10.1. The minimum absolute atomic E-state index is 0.0517. The van der Waals surface area contributed by atoms with Gasteiger partial charge < -0.3 is 13.9 Å². The molecule has 0 N–H and O–H groups in total. The maximum atomic E-state index is 12.0. The van der Waals surface area contributed by atoms with Crippen LogP contribution in [0.5, 0.6) is 5.95 Å². The summed E-state index contributed by atoms with van der Waals surface area (Å²) in [6.07, 6.45) is 0.473. The molecular weight excluding hydrogens is 220 g/mol. The van der Waals surface area contributed by atoms with Crippen LogP contribution < -0.4 is 10.2 Å². The molecule has 2 rings (SSSR count). The van der Waals surface area contributed by atoms with Gasteiger partial charge in [0.05, 0.1) is 19.3 Å². The molecule has 0 aromatic carbocycles. The van der Waals surface area contributed by atoms with Gasteiger partial charge in [-0.2, -0.15) is 0 Å².